The molecule has 0 atom stereocenters. The maximum absolute atomic E-state index is 14.0. The van der Waals surface area contributed by atoms with Crippen LogP contribution in [-0.2, 0) is 4.79 Å². The number of nitrogens with one attached hydrogen (secondary N) is 2. The average Bonchev–Trinajstić information content (AvgIpc) is 3.32. The third-order valence-corrected chi connectivity index (χ3v) is 6.09. The first-order valence-corrected chi connectivity index (χ1v) is 11.2. The summed E-state index contributed by atoms with van der Waals surface area (Å²) < 4.78 is 15.4. The van der Waals surface area contributed by atoms with E-state index in [1.54, 1.807) is 55.0 Å². The topological polar surface area (TPSA) is 102 Å². The van der Waals surface area contributed by atoms with Crippen molar-refractivity contribution in [3.63, 3.8) is 0 Å². The summed E-state index contributed by atoms with van der Waals surface area (Å²) in [6, 6.07) is 13.2. The van der Waals surface area contributed by atoms with E-state index in [2.05, 4.69) is 25.7 Å². The molecule has 1 aromatic carbocycles. The molecule has 34 heavy (non-hydrogen) atoms. The van der Waals surface area contributed by atoms with E-state index in [1.165, 1.54) is 10.7 Å². The van der Waals surface area contributed by atoms with Crippen LogP contribution in [-0.4, -0.2) is 37.6 Å². The number of fused-ring (bicyclic) bond motifs is 1. The van der Waals surface area contributed by atoms with Crippen molar-refractivity contribution in [2.75, 3.05) is 5.32 Å². The number of carbonyl (C=O) groups is 2. The molecule has 8 nitrogen and oxygen atoms in total. The second-order valence-corrected chi connectivity index (χ2v) is 8.37. The number of anilines is 1. The van der Waals surface area contributed by atoms with Crippen LogP contribution in [0.15, 0.2) is 67.1 Å². The lowest BCUT2D eigenvalue weighted by molar-refractivity contribution is -0.120. The van der Waals surface area contributed by atoms with E-state index in [4.69, 9.17) is 0 Å². The molecule has 4 aromatic rings. The Morgan fingerprint density at radius 1 is 1.00 bits per heavy atom. The lowest BCUT2D eigenvalue weighted by atomic mass is 9.85. The lowest BCUT2D eigenvalue weighted by Gasteiger charge is -2.28. The van der Waals surface area contributed by atoms with Crippen LogP contribution in [0.3, 0.4) is 0 Å². The van der Waals surface area contributed by atoms with Crippen LogP contribution in [0.25, 0.3) is 16.6 Å². The van der Waals surface area contributed by atoms with Gasteiger partial charge in [-0.25, -0.2) is 14.1 Å². The highest BCUT2D eigenvalue weighted by molar-refractivity contribution is 5.95. The molecule has 9 heteroatoms. The van der Waals surface area contributed by atoms with Crippen molar-refractivity contribution in [1.82, 2.24) is 25.1 Å². The fourth-order valence-corrected chi connectivity index (χ4v) is 4.24. The molecule has 1 aliphatic carbocycles. The Bertz CT molecular complexity index is 1350. The second-order valence-electron chi connectivity index (χ2n) is 8.37. The molecule has 0 aliphatic heterocycles. The third kappa shape index (κ3) is 4.63. The summed E-state index contributed by atoms with van der Waals surface area (Å²) >= 11 is 0. The number of benzene rings is 1. The molecule has 2 N–H and O–H groups in total. The Hall–Kier alpha value is -4.14. The molecule has 0 radical (unpaired) electrons. The van der Waals surface area contributed by atoms with Gasteiger partial charge in [0.1, 0.15) is 17.2 Å². The second kappa shape index (κ2) is 9.38. The van der Waals surface area contributed by atoms with E-state index in [9.17, 15) is 14.0 Å². The number of aromatic nitrogens is 4. The van der Waals surface area contributed by atoms with Crippen molar-refractivity contribution in [2.24, 2.45) is 5.92 Å². The summed E-state index contributed by atoms with van der Waals surface area (Å²) in [6.45, 7) is 0. The Labute approximate surface area is 195 Å². The van der Waals surface area contributed by atoms with E-state index in [-0.39, 0.29) is 29.6 Å². The van der Waals surface area contributed by atoms with Crippen LogP contribution >= 0.6 is 0 Å². The fourth-order valence-electron chi connectivity index (χ4n) is 4.24. The fraction of sp³-hybridized carbons (Fsp3) is 0.240. The predicted molar refractivity (Wildman–Crippen MR) is 125 cm³/mol. The predicted octanol–water partition coefficient (Wildman–Crippen LogP) is 3.88. The van der Waals surface area contributed by atoms with E-state index < -0.39 is 0 Å². The zero-order chi connectivity index (χ0) is 23.5. The van der Waals surface area contributed by atoms with Crippen LogP contribution in [0.4, 0.5) is 10.2 Å². The van der Waals surface area contributed by atoms with Gasteiger partial charge in [-0.3, -0.25) is 14.6 Å². The monoisotopic (exact) mass is 458 g/mol. The number of hydrogen-bond acceptors (Lipinski definition) is 5. The van der Waals surface area contributed by atoms with Crippen molar-refractivity contribution in [2.45, 2.75) is 31.7 Å². The summed E-state index contributed by atoms with van der Waals surface area (Å²) in [5, 5.41) is 11.0. The molecule has 1 aliphatic rings. The summed E-state index contributed by atoms with van der Waals surface area (Å²) in [6.07, 6.45) is 7.67. The minimum atomic E-state index is -0.389. The molecule has 5 rings (SSSR count). The summed E-state index contributed by atoms with van der Waals surface area (Å²) in [7, 11) is 0. The molecular weight excluding hydrogens is 435 g/mol. The maximum Gasteiger partial charge on any atom is 0.270 e. The molecule has 172 valence electrons. The Morgan fingerprint density at radius 2 is 1.82 bits per heavy atom. The van der Waals surface area contributed by atoms with Crippen molar-refractivity contribution in [3.8, 4) is 5.69 Å². The lowest BCUT2D eigenvalue weighted by Crippen LogP contribution is -2.39. The molecule has 3 aromatic heterocycles. The highest BCUT2D eigenvalue weighted by atomic mass is 19.1. The SMILES string of the molecule is O=C(NC1CCC(C(=O)Nc2ccn(-c3ccccc3F)n2)CC1)c1ccc2cnccc2n1. The Morgan fingerprint density at radius 3 is 2.65 bits per heavy atom. The number of amides is 2. The molecule has 0 saturated heterocycles. The van der Waals surface area contributed by atoms with Gasteiger partial charge in [0.2, 0.25) is 5.91 Å². The number of pyridine rings is 2. The van der Waals surface area contributed by atoms with Gasteiger partial charge in [0.05, 0.1) is 5.52 Å². The van der Waals surface area contributed by atoms with Gasteiger partial charge in [-0.1, -0.05) is 12.1 Å². The van der Waals surface area contributed by atoms with Gasteiger partial charge in [0.15, 0.2) is 5.82 Å². The van der Waals surface area contributed by atoms with E-state index in [0.29, 0.717) is 42.9 Å². The first-order chi connectivity index (χ1) is 16.6. The van der Waals surface area contributed by atoms with Crippen molar-refractivity contribution in [3.05, 3.63) is 78.6 Å². The van der Waals surface area contributed by atoms with Crippen LogP contribution in [0.1, 0.15) is 36.2 Å². The van der Waals surface area contributed by atoms with Crippen LogP contribution in [0, 0.1) is 11.7 Å². The van der Waals surface area contributed by atoms with Gasteiger partial charge in [-0.05, 0) is 56.0 Å². The number of nitrogens with zero attached hydrogens (tertiary/aromatic N) is 4. The standard InChI is InChI=1S/C25H23FN6O2/c26-19-3-1-2-4-22(19)32-14-12-23(31-32)30-24(33)16-5-8-18(9-6-16)28-25(34)21-10-7-17-15-27-13-11-20(17)29-21/h1-4,7,10-16,18H,5-6,8-9H2,(H,28,34)(H,30,31,33). The van der Waals surface area contributed by atoms with Crippen LogP contribution < -0.4 is 10.6 Å². The van der Waals surface area contributed by atoms with Crippen molar-refractivity contribution < 1.29 is 14.0 Å². The van der Waals surface area contributed by atoms with Crippen LogP contribution in [0.5, 0.6) is 0 Å². The first kappa shape index (κ1) is 21.7. The smallest absolute Gasteiger partial charge is 0.270 e. The normalized spacial score (nSPS) is 17.9. The van der Waals surface area contributed by atoms with E-state index >= 15 is 0 Å². The molecular formula is C25H23FN6O2. The number of rotatable bonds is 5. The number of para-hydroxylation sites is 1. The molecule has 1 fully saturated rings. The van der Waals surface area contributed by atoms with Gasteiger partial charge < -0.3 is 10.6 Å². The molecule has 1 saturated carbocycles. The van der Waals surface area contributed by atoms with Gasteiger partial charge in [-0.15, -0.1) is 5.10 Å². The zero-order valence-electron chi connectivity index (χ0n) is 18.3. The molecule has 0 spiro atoms. The average molecular weight is 458 g/mol. The summed E-state index contributed by atoms with van der Waals surface area (Å²) in [5.41, 5.74) is 1.40. The molecule has 3 heterocycles. The third-order valence-electron chi connectivity index (χ3n) is 6.09. The highest BCUT2D eigenvalue weighted by Gasteiger charge is 2.28. The van der Waals surface area contributed by atoms with Crippen molar-refractivity contribution >= 4 is 28.5 Å². The Kier molecular flexibility index (Phi) is 5.99. The Balaban J connectivity index is 1.14. The van der Waals surface area contributed by atoms with E-state index in [1.807, 2.05) is 6.07 Å². The van der Waals surface area contributed by atoms with E-state index in [0.717, 1.165) is 10.9 Å². The quantitative estimate of drug-likeness (QED) is 0.473. The highest BCUT2D eigenvalue weighted by Crippen LogP contribution is 2.26. The number of hydrogen-bond donors (Lipinski definition) is 2. The minimum Gasteiger partial charge on any atom is -0.348 e. The van der Waals surface area contributed by atoms with Crippen LogP contribution in [0.2, 0.25) is 0 Å². The minimum absolute atomic E-state index is 0.00764. The summed E-state index contributed by atoms with van der Waals surface area (Å²) in [4.78, 5) is 33.8. The first-order valence-electron chi connectivity index (χ1n) is 11.2. The van der Waals surface area contributed by atoms with Gasteiger partial charge in [0, 0.05) is 42.0 Å². The molecule has 0 unspecified atom stereocenters. The number of halogens is 1. The van der Waals surface area contributed by atoms with Gasteiger partial charge >= 0.3 is 0 Å². The maximum atomic E-state index is 14.0. The number of carbonyl (C=O) groups excluding carboxylic acids is 2. The van der Waals surface area contributed by atoms with Gasteiger partial charge in [-0.2, -0.15) is 0 Å². The van der Waals surface area contributed by atoms with Gasteiger partial charge in [0.25, 0.3) is 5.91 Å². The molecule has 2 amide bonds. The molecule has 0 bridgehead atoms. The largest absolute Gasteiger partial charge is 0.348 e. The van der Waals surface area contributed by atoms with Crippen molar-refractivity contribution in [1.29, 1.82) is 0 Å². The zero-order valence-corrected chi connectivity index (χ0v) is 18.3. The summed E-state index contributed by atoms with van der Waals surface area (Å²) in [5.74, 6) is -0.516.